The van der Waals surface area contributed by atoms with E-state index in [4.69, 9.17) is 9.47 Å². The summed E-state index contributed by atoms with van der Waals surface area (Å²) < 4.78 is 11.7. The van der Waals surface area contributed by atoms with Crippen molar-refractivity contribution in [3.63, 3.8) is 0 Å². The molecule has 0 aromatic rings. The number of carbonyl (C=O) groups excluding carboxylic acids is 3. The summed E-state index contributed by atoms with van der Waals surface area (Å²) in [6.45, 7) is 12.8. The molecule has 7 heteroatoms. The molecule has 69 heavy (non-hydrogen) atoms. The molecule has 0 aromatic carbocycles. The molecule has 2 atom stereocenters. The molecular weight excluding hydrogens is 853 g/mol. The second-order valence-corrected chi connectivity index (χ2v) is 22.1. The molecule has 0 saturated heterocycles. The molecule has 0 N–H and O–H groups in total. The maximum Gasteiger partial charge on any atom is 0.305 e. The lowest BCUT2D eigenvalue weighted by atomic mass is 9.94. The predicted octanol–water partition coefficient (Wildman–Crippen LogP) is 18.7. The van der Waals surface area contributed by atoms with Gasteiger partial charge in [-0.25, -0.2) is 0 Å². The molecule has 0 saturated carbocycles. The third-order valence-electron chi connectivity index (χ3n) is 14.8. The summed E-state index contributed by atoms with van der Waals surface area (Å²) >= 11 is 0. The van der Waals surface area contributed by atoms with E-state index in [-0.39, 0.29) is 17.8 Å². The first-order valence-corrected chi connectivity index (χ1v) is 31.0. The van der Waals surface area contributed by atoms with Crippen molar-refractivity contribution in [1.82, 2.24) is 9.80 Å². The minimum atomic E-state index is -0.0211. The summed E-state index contributed by atoms with van der Waals surface area (Å²) in [6.07, 6.45) is 55.1. The Labute approximate surface area is 431 Å². The van der Waals surface area contributed by atoms with Crippen molar-refractivity contribution in [3.8, 4) is 0 Å². The van der Waals surface area contributed by atoms with Crippen molar-refractivity contribution in [1.29, 1.82) is 0 Å². The lowest BCUT2D eigenvalue weighted by Crippen LogP contribution is -2.37. The fourth-order valence-electron chi connectivity index (χ4n) is 9.94. The highest BCUT2D eigenvalue weighted by Crippen LogP contribution is 2.23. The predicted molar refractivity (Wildman–Crippen MR) is 299 cm³/mol. The third-order valence-corrected chi connectivity index (χ3v) is 14.8. The summed E-state index contributed by atoms with van der Waals surface area (Å²) in [5.74, 6) is 1.30. The van der Waals surface area contributed by atoms with E-state index in [0.717, 1.165) is 90.3 Å². The quantitative estimate of drug-likeness (QED) is 0.0446. The van der Waals surface area contributed by atoms with Crippen LogP contribution in [0.25, 0.3) is 0 Å². The Hall–Kier alpha value is -1.63. The summed E-state index contributed by atoms with van der Waals surface area (Å²) in [7, 11) is 4.15. The van der Waals surface area contributed by atoms with E-state index in [1.807, 2.05) is 0 Å². The lowest BCUT2D eigenvalue weighted by molar-refractivity contribution is -0.146. The van der Waals surface area contributed by atoms with Crippen LogP contribution in [0.4, 0.5) is 0 Å². The van der Waals surface area contributed by atoms with E-state index >= 15 is 0 Å². The van der Waals surface area contributed by atoms with Crippen molar-refractivity contribution in [2.24, 2.45) is 11.8 Å². The molecule has 0 aliphatic heterocycles. The van der Waals surface area contributed by atoms with Gasteiger partial charge in [-0.1, -0.05) is 252 Å². The Kier molecular flexibility index (Phi) is 52.9. The first-order chi connectivity index (χ1) is 33.8. The zero-order valence-corrected chi connectivity index (χ0v) is 47.7. The van der Waals surface area contributed by atoms with Crippen molar-refractivity contribution < 1.29 is 23.9 Å². The number of rotatable bonds is 56. The lowest BCUT2D eigenvalue weighted by Gasteiger charge is -2.24. The van der Waals surface area contributed by atoms with Gasteiger partial charge in [-0.15, -0.1) is 0 Å². The van der Waals surface area contributed by atoms with Crippen LogP contribution in [0.15, 0.2) is 0 Å². The Morgan fingerprint density at radius 3 is 0.913 bits per heavy atom. The molecule has 0 spiro atoms. The Morgan fingerprint density at radius 2 is 0.594 bits per heavy atom. The van der Waals surface area contributed by atoms with E-state index in [9.17, 15) is 14.4 Å². The average Bonchev–Trinajstić information content (AvgIpc) is 3.34. The van der Waals surface area contributed by atoms with E-state index in [2.05, 4.69) is 51.6 Å². The molecule has 0 rings (SSSR count). The molecule has 1 amide bonds. The molecular formula is C62H122N2O5. The van der Waals surface area contributed by atoms with Crippen molar-refractivity contribution in [3.05, 3.63) is 0 Å². The molecule has 0 bridgehead atoms. The second-order valence-electron chi connectivity index (χ2n) is 22.1. The van der Waals surface area contributed by atoms with Crippen LogP contribution in [0.1, 0.15) is 323 Å². The Morgan fingerprint density at radius 1 is 0.319 bits per heavy atom. The normalized spacial score (nSPS) is 12.4. The molecule has 0 aromatic heterocycles. The van der Waals surface area contributed by atoms with Gasteiger partial charge in [0.25, 0.3) is 0 Å². The smallest absolute Gasteiger partial charge is 0.305 e. The first kappa shape index (κ1) is 67.4. The zero-order chi connectivity index (χ0) is 50.5. The topological polar surface area (TPSA) is 76.2 Å². The highest BCUT2D eigenvalue weighted by molar-refractivity contribution is 5.76. The molecule has 2 unspecified atom stereocenters. The maximum atomic E-state index is 13.3. The molecule has 0 aliphatic carbocycles. The van der Waals surface area contributed by atoms with Gasteiger partial charge in [-0.05, 0) is 77.3 Å². The van der Waals surface area contributed by atoms with Gasteiger partial charge in [-0.2, -0.15) is 0 Å². The molecule has 0 fully saturated rings. The number of hydrogen-bond donors (Lipinski definition) is 0. The highest BCUT2D eigenvalue weighted by atomic mass is 16.5. The van der Waals surface area contributed by atoms with E-state index in [1.165, 1.54) is 205 Å². The van der Waals surface area contributed by atoms with Crippen LogP contribution in [-0.4, -0.2) is 74.6 Å². The second kappa shape index (κ2) is 54.2. The number of amides is 1. The number of likely N-dealkylation sites (N-methyl/N-ethyl adjacent to an activating group) is 1. The van der Waals surface area contributed by atoms with E-state index in [0.29, 0.717) is 44.3 Å². The number of ether oxygens (including phenoxy) is 2. The van der Waals surface area contributed by atoms with Gasteiger partial charge in [0.1, 0.15) is 0 Å². The fraction of sp³-hybridized carbons (Fsp3) is 0.952. The van der Waals surface area contributed by atoms with Crippen molar-refractivity contribution in [2.75, 3.05) is 46.9 Å². The Bertz CT molecular complexity index is 1080. The van der Waals surface area contributed by atoms with Gasteiger partial charge in [-0.3, -0.25) is 14.4 Å². The molecule has 0 radical (unpaired) electrons. The number of unbranched alkanes of at least 4 members (excludes halogenated alkanes) is 33. The minimum absolute atomic E-state index is 0.00416. The van der Waals surface area contributed by atoms with Gasteiger partial charge in [0, 0.05) is 38.9 Å². The summed E-state index contributed by atoms with van der Waals surface area (Å²) in [5, 5.41) is 0. The van der Waals surface area contributed by atoms with Crippen LogP contribution in [0.2, 0.25) is 0 Å². The zero-order valence-electron chi connectivity index (χ0n) is 47.7. The van der Waals surface area contributed by atoms with Crippen LogP contribution in [0.5, 0.6) is 0 Å². The van der Waals surface area contributed by atoms with Crippen molar-refractivity contribution >= 4 is 17.8 Å². The van der Waals surface area contributed by atoms with Gasteiger partial charge in [0.15, 0.2) is 0 Å². The number of nitrogens with zero attached hydrogens (tertiary/aromatic N) is 2. The van der Waals surface area contributed by atoms with Crippen LogP contribution < -0.4 is 0 Å². The highest BCUT2D eigenvalue weighted by Gasteiger charge is 2.16. The van der Waals surface area contributed by atoms with Crippen LogP contribution >= 0.6 is 0 Å². The van der Waals surface area contributed by atoms with E-state index in [1.54, 1.807) is 0 Å². The Balaban J connectivity index is 4.38. The van der Waals surface area contributed by atoms with Crippen LogP contribution in [0, 0.1) is 11.8 Å². The largest absolute Gasteiger partial charge is 0.465 e. The number of hydrogen-bond acceptors (Lipinski definition) is 6. The third kappa shape index (κ3) is 49.7. The molecule has 0 heterocycles. The molecule has 7 nitrogen and oxygen atoms in total. The summed E-state index contributed by atoms with van der Waals surface area (Å²) in [4.78, 5) is 43.0. The van der Waals surface area contributed by atoms with Crippen LogP contribution in [-0.2, 0) is 23.9 Å². The van der Waals surface area contributed by atoms with Gasteiger partial charge in [0.2, 0.25) is 5.91 Å². The van der Waals surface area contributed by atoms with Gasteiger partial charge in [0.05, 0.1) is 13.2 Å². The standard InChI is InChI=1S/C62H122N2O5/c1-7-11-15-19-23-25-32-40-48-58(46-38-30-21-17-13-9-3)56-68-61(66)51-43-35-27-28-37-45-53-64(55-54-63(5)6)60(65)50-42-34-29-36-44-52-62(67)69-57-59(47-39-31-22-18-14-10-4)49-41-33-26-24-20-16-12-8-2/h58-59H,7-57H2,1-6H3. The summed E-state index contributed by atoms with van der Waals surface area (Å²) in [6, 6.07) is 0. The monoisotopic (exact) mass is 975 g/mol. The molecule has 0 aliphatic rings. The first-order valence-electron chi connectivity index (χ1n) is 31.0. The SMILES string of the molecule is CCCCCCCCCCC(CCCCCCCC)COC(=O)CCCCCCCCN(CCN(C)C)C(=O)CCCCCCCC(=O)OCC(CCCCCCCC)CCCCCCCCCC. The van der Waals surface area contributed by atoms with Gasteiger partial charge >= 0.3 is 11.9 Å². The number of carbonyl (C=O) groups is 3. The van der Waals surface area contributed by atoms with Crippen molar-refractivity contribution in [2.45, 2.75) is 323 Å². The average molecular weight is 976 g/mol. The molecule has 410 valence electrons. The number of esters is 2. The fourth-order valence-corrected chi connectivity index (χ4v) is 9.94. The van der Waals surface area contributed by atoms with Crippen LogP contribution in [0.3, 0.4) is 0 Å². The minimum Gasteiger partial charge on any atom is -0.465 e. The maximum absolute atomic E-state index is 13.3. The van der Waals surface area contributed by atoms with Gasteiger partial charge < -0.3 is 19.3 Å². The summed E-state index contributed by atoms with van der Waals surface area (Å²) in [5.41, 5.74) is 0. The van der Waals surface area contributed by atoms with E-state index < -0.39 is 0 Å².